The van der Waals surface area contributed by atoms with Gasteiger partial charge in [-0.2, -0.15) is 0 Å². The zero-order valence-electron chi connectivity index (χ0n) is 13.1. The minimum absolute atomic E-state index is 0.0387. The van der Waals surface area contributed by atoms with Crippen molar-refractivity contribution in [1.29, 1.82) is 0 Å². The van der Waals surface area contributed by atoms with Gasteiger partial charge in [0, 0.05) is 19.6 Å². The van der Waals surface area contributed by atoms with Crippen molar-refractivity contribution in [3.8, 4) is 5.75 Å². The Hall–Kier alpha value is -1.71. The van der Waals surface area contributed by atoms with E-state index >= 15 is 0 Å². The van der Waals surface area contributed by atoms with Gasteiger partial charge in [-0.15, -0.1) is 0 Å². The first-order chi connectivity index (χ1) is 10.2. The molecular formula is C17H26N2O2. The van der Waals surface area contributed by atoms with Crippen molar-refractivity contribution in [2.45, 2.75) is 44.6 Å². The number of nitrogens with zero attached hydrogens (tertiary/aromatic N) is 1. The Morgan fingerprint density at radius 2 is 2.00 bits per heavy atom. The summed E-state index contributed by atoms with van der Waals surface area (Å²) in [7, 11) is 3.53. The van der Waals surface area contributed by atoms with Gasteiger partial charge in [-0.1, -0.05) is 37.5 Å². The van der Waals surface area contributed by atoms with Gasteiger partial charge in [-0.25, -0.2) is 4.79 Å². The van der Waals surface area contributed by atoms with Crippen LogP contribution in [0.25, 0.3) is 0 Å². The second kappa shape index (κ2) is 7.91. The van der Waals surface area contributed by atoms with Crippen molar-refractivity contribution in [3.05, 3.63) is 29.8 Å². The van der Waals surface area contributed by atoms with Crippen molar-refractivity contribution in [1.82, 2.24) is 10.2 Å². The fraction of sp³-hybridized carbons (Fsp3) is 0.588. The molecule has 4 nitrogen and oxygen atoms in total. The highest BCUT2D eigenvalue weighted by molar-refractivity contribution is 5.74. The molecule has 116 valence electrons. The molecule has 1 N–H and O–H groups in total. The Bertz CT molecular complexity index is 456. The van der Waals surface area contributed by atoms with Crippen LogP contribution in [-0.2, 0) is 6.42 Å². The van der Waals surface area contributed by atoms with E-state index in [2.05, 4.69) is 5.32 Å². The van der Waals surface area contributed by atoms with Gasteiger partial charge in [-0.05, 0) is 30.9 Å². The Balaban J connectivity index is 1.80. The molecule has 21 heavy (non-hydrogen) atoms. The highest BCUT2D eigenvalue weighted by atomic mass is 16.5. The van der Waals surface area contributed by atoms with Crippen LogP contribution in [0.2, 0.25) is 0 Å². The molecule has 1 saturated carbocycles. The van der Waals surface area contributed by atoms with Gasteiger partial charge in [0.25, 0.3) is 0 Å². The van der Waals surface area contributed by atoms with E-state index in [-0.39, 0.29) is 6.03 Å². The largest absolute Gasteiger partial charge is 0.496 e. The third kappa shape index (κ3) is 4.66. The Morgan fingerprint density at radius 3 is 2.71 bits per heavy atom. The van der Waals surface area contributed by atoms with Gasteiger partial charge < -0.3 is 15.0 Å². The van der Waals surface area contributed by atoms with Crippen LogP contribution in [0, 0.1) is 0 Å². The van der Waals surface area contributed by atoms with Gasteiger partial charge in [-0.3, -0.25) is 0 Å². The summed E-state index contributed by atoms with van der Waals surface area (Å²) < 4.78 is 5.34. The quantitative estimate of drug-likeness (QED) is 0.904. The molecule has 0 heterocycles. The van der Waals surface area contributed by atoms with Gasteiger partial charge in [0.1, 0.15) is 5.75 Å². The molecule has 0 spiro atoms. The number of rotatable bonds is 5. The lowest BCUT2D eigenvalue weighted by Crippen LogP contribution is -2.44. The highest BCUT2D eigenvalue weighted by Gasteiger charge is 2.17. The van der Waals surface area contributed by atoms with Crippen LogP contribution in [0.3, 0.4) is 0 Å². The highest BCUT2D eigenvalue weighted by Crippen LogP contribution is 2.19. The molecule has 1 fully saturated rings. The van der Waals surface area contributed by atoms with Crippen LogP contribution < -0.4 is 10.1 Å². The molecule has 0 bridgehead atoms. The van der Waals surface area contributed by atoms with Crippen molar-refractivity contribution in [2.75, 3.05) is 20.7 Å². The van der Waals surface area contributed by atoms with Crippen molar-refractivity contribution in [2.24, 2.45) is 0 Å². The molecule has 0 atom stereocenters. The van der Waals surface area contributed by atoms with Crippen LogP contribution in [0.1, 0.15) is 37.7 Å². The fourth-order valence-corrected chi connectivity index (χ4v) is 2.83. The molecule has 1 aromatic carbocycles. The number of hydrogen-bond acceptors (Lipinski definition) is 2. The molecule has 1 aliphatic rings. The summed E-state index contributed by atoms with van der Waals surface area (Å²) in [5, 5.41) is 3.14. The SMILES string of the molecule is COc1ccccc1CCN(C)C(=O)NC1CCCCC1. The van der Waals surface area contributed by atoms with Crippen molar-refractivity contribution >= 4 is 6.03 Å². The maximum absolute atomic E-state index is 12.2. The molecule has 0 radical (unpaired) electrons. The van der Waals surface area contributed by atoms with Crippen LogP contribution in [0.5, 0.6) is 5.75 Å². The number of likely N-dealkylation sites (N-methyl/N-ethyl adjacent to an activating group) is 1. The van der Waals surface area contributed by atoms with E-state index in [0.29, 0.717) is 12.6 Å². The topological polar surface area (TPSA) is 41.6 Å². The number of urea groups is 1. The average molecular weight is 290 g/mol. The van der Waals surface area contributed by atoms with Crippen molar-refractivity contribution < 1.29 is 9.53 Å². The number of nitrogens with one attached hydrogen (secondary N) is 1. The minimum atomic E-state index is 0.0387. The summed E-state index contributed by atoms with van der Waals surface area (Å²) in [4.78, 5) is 13.9. The molecule has 2 rings (SSSR count). The lowest BCUT2D eigenvalue weighted by molar-refractivity contribution is 0.201. The first-order valence-electron chi connectivity index (χ1n) is 7.84. The van der Waals surface area contributed by atoms with Gasteiger partial charge in [0.2, 0.25) is 0 Å². The van der Waals surface area contributed by atoms with Crippen LogP contribution in [-0.4, -0.2) is 37.7 Å². The lowest BCUT2D eigenvalue weighted by Gasteiger charge is -2.26. The number of amides is 2. The van der Waals surface area contributed by atoms with E-state index in [9.17, 15) is 4.79 Å². The Labute approximate surface area is 127 Å². The molecular weight excluding hydrogens is 264 g/mol. The fourth-order valence-electron chi connectivity index (χ4n) is 2.83. The third-order valence-corrected chi connectivity index (χ3v) is 4.19. The number of ether oxygens (including phenoxy) is 1. The molecule has 0 unspecified atom stereocenters. The monoisotopic (exact) mass is 290 g/mol. The summed E-state index contributed by atoms with van der Waals surface area (Å²) in [6.45, 7) is 0.693. The normalized spacial score (nSPS) is 15.5. The van der Waals surface area contributed by atoms with E-state index in [0.717, 1.165) is 30.6 Å². The number of para-hydroxylation sites is 1. The molecule has 1 aliphatic carbocycles. The van der Waals surface area contributed by atoms with Crippen LogP contribution in [0.4, 0.5) is 4.79 Å². The van der Waals surface area contributed by atoms with E-state index in [1.54, 1.807) is 12.0 Å². The van der Waals surface area contributed by atoms with E-state index < -0.39 is 0 Å². The Morgan fingerprint density at radius 1 is 1.29 bits per heavy atom. The summed E-state index contributed by atoms with van der Waals surface area (Å²) in [6, 6.07) is 8.36. The number of carbonyl (C=O) groups excluding carboxylic acids is 1. The standard InChI is InChI=1S/C17H26N2O2/c1-19(17(20)18-15-9-4-3-5-10-15)13-12-14-8-6-7-11-16(14)21-2/h6-8,11,15H,3-5,9-10,12-13H2,1-2H3,(H,18,20). The zero-order valence-corrected chi connectivity index (χ0v) is 13.1. The molecule has 0 aromatic heterocycles. The van der Waals surface area contributed by atoms with Crippen molar-refractivity contribution in [3.63, 3.8) is 0 Å². The second-order valence-corrected chi connectivity index (χ2v) is 5.77. The predicted octanol–water partition coefficient (Wildman–Crippen LogP) is 3.21. The Kier molecular flexibility index (Phi) is 5.90. The van der Waals surface area contributed by atoms with E-state index in [1.807, 2.05) is 31.3 Å². The molecule has 1 aromatic rings. The van der Waals surface area contributed by atoms with Gasteiger partial charge >= 0.3 is 6.03 Å². The van der Waals surface area contributed by atoms with Gasteiger partial charge in [0.15, 0.2) is 0 Å². The minimum Gasteiger partial charge on any atom is -0.496 e. The molecule has 0 saturated heterocycles. The first-order valence-corrected chi connectivity index (χ1v) is 7.84. The molecule has 4 heteroatoms. The zero-order chi connectivity index (χ0) is 15.1. The number of methoxy groups -OCH3 is 1. The maximum atomic E-state index is 12.2. The summed E-state index contributed by atoms with van der Waals surface area (Å²) in [5.41, 5.74) is 1.14. The first kappa shape index (κ1) is 15.7. The lowest BCUT2D eigenvalue weighted by atomic mass is 9.96. The average Bonchev–Trinajstić information content (AvgIpc) is 2.53. The summed E-state index contributed by atoms with van der Waals surface area (Å²) in [6.07, 6.45) is 6.80. The predicted molar refractivity (Wildman–Crippen MR) is 84.7 cm³/mol. The summed E-state index contributed by atoms with van der Waals surface area (Å²) in [5.74, 6) is 0.888. The summed E-state index contributed by atoms with van der Waals surface area (Å²) >= 11 is 0. The number of carbonyl (C=O) groups is 1. The van der Waals surface area contributed by atoms with Gasteiger partial charge in [0.05, 0.1) is 7.11 Å². The number of benzene rings is 1. The second-order valence-electron chi connectivity index (χ2n) is 5.77. The maximum Gasteiger partial charge on any atom is 0.317 e. The van der Waals surface area contributed by atoms with Crippen LogP contribution >= 0.6 is 0 Å². The molecule has 2 amide bonds. The third-order valence-electron chi connectivity index (χ3n) is 4.19. The van der Waals surface area contributed by atoms with Crippen LogP contribution in [0.15, 0.2) is 24.3 Å². The smallest absolute Gasteiger partial charge is 0.317 e. The van der Waals surface area contributed by atoms with E-state index in [4.69, 9.17) is 4.74 Å². The molecule has 0 aliphatic heterocycles. The van der Waals surface area contributed by atoms with E-state index in [1.165, 1.54) is 19.3 Å². The number of hydrogen-bond donors (Lipinski definition) is 1.